The molecule has 1 unspecified atom stereocenters. The molecule has 0 spiro atoms. The first kappa shape index (κ1) is 17.5. The standard InChI is InChI=1S/C14H21NO5S/c1-5-20-10-6-8-11(9-7-10)21(18,19)15-12(13(16)17)14(2,3)4/h6-9,12,15H,5H2,1-4H3,(H,16,17). The SMILES string of the molecule is CCOc1ccc(S(=O)(=O)NC(C(=O)O)C(C)(C)C)cc1. The van der Waals surface area contributed by atoms with Crippen LogP contribution in [0.25, 0.3) is 0 Å². The molecule has 0 saturated carbocycles. The Morgan fingerprint density at radius 2 is 1.81 bits per heavy atom. The summed E-state index contributed by atoms with van der Waals surface area (Å²) in [7, 11) is -3.91. The molecule has 0 radical (unpaired) electrons. The zero-order valence-corrected chi connectivity index (χ0v) is 13.4. The minimum absolute atomic E-state index is 0.00135. The van der Waals surface area contributed by atoms with E-state index in [-0.39, 0.29) is 4.90 Å². The molecule has 21 heavy (non-hydrogen) atoms. The molecule has 0 bridgehead atoms. The van der Waals surface area contributed by atoms with Crippen molar-refractivity contribution in [1.82, 2.24) is 4.72 Å². The molecule has 0 aliphatic heterocycles. The molecular weight excluding hydrogens is 294 g/mol. The van der Waals surface area contributed by atoms with Gasteiger partial charge in [0.25, 0.3) is 0 Å². The summed E-state index contributed by atoms with van der Waals surface area (Å²) in [6.45, 7) is 7.29. The summed E-state index contributed by atoms with van der Waals surface area (Å²) in [5.41, 5.74) is -0.746. The number of hydrogen-bond acceptors (Lipinski definition) is 4. The monoisotopic (exact) mass is 315 g/mol. The number of sulfonamides is 1. The number of aliphatic carboxylic acids is 1. The molecule has 0 amide bonds. The summed E-state index contributed by atoms with van der Waals surface area (Å²) in [6, 6.07) is 4.62. The van der Waals surface area contributed by atoms with E-state index >= 15 is 0 Å². The van der Waals surface area contributed by atoms with E-state index in [9.17, 15) is 18.3 Å². The van der Waals surface area contributed by atoms with E-state index in [0.29, 0.717) is 12.4 Å². The summed E-state index contributed by atoms with van der Waals surface area (Å²) < 4.78 is 32.0. The number of ether oxygens (including phenoxy) is 1. The van der Waals surface area contributed by atoms with Crippen molar-refractivity contribution in [2.45, 2.75) is 38.6 Å². The maximum absolute atomic E-state index is 12.2. The molecule has 1 atom stereocenters. The molecule has 0 aromatic heterocycles. The van der Waals surface area contributed by atoms with E-state index in [4.69, 9.17) is 4.74 Å². The summed E-state index contributed by atoms with van der Waals surface area (Å²) in [5, 5.41) is 9.19. The normalized spacial score (nSPS) is 13.7. The van der Waals surface area contributed by atoms with Crippen LogP contribution in [0.5, 0.6) is 5.75 Å². The summed E-state index contributed by atoms with van der Waals surface area (Å²) in [4.78, 5) is 11.2. The van der Waals surface area contributed by atoms with E-state index in [2.05, 4.69) is 4.72 Å². The third-order valence-corrected chi connectivity index (χ3v) is 4.27. The highest BCUT2D eigenvalue weighted by Gasteiger charge is 2.35. The van der Waals surface area contributed by atoms with Crippen LogP contribution in [0.4, 0.5) is 0 Å². The van der Waals surface area contributed by atoms with Gasteiger partial charge in [-0.25, -0.2) is 8.42 Å². The highest BCUT2D eigenvalue weighted by Crippen LogP contribution is 2.22. The summed E-state index contributed by atoms with van der Waals surface area (Å²) in [6.07, 6.45) is 0. The molecule has 0 heterocycles. The maximum atomic E-state index is 12.2. The van der Waals surface area contributed by atoms with Gasteiger partial charge in [0.15, 0.2) is 0 Å². The minimum Gasteiger partial charge on any atom is -0.494 e. The molecule has 7 heteroatoms. The number of rotatable bonds is 6. The molecular formula is C14H21NO5S. The van der Waals surface area contributed by atoms with E-state index < -0.39 is 27.4 Å². The van der Waals surface area contributed by atoms with Crippen molar-refractivity contribution in [2.75, 3.05) is 6.61 Å². The molecule has 1 aromatic rings. The van der Waals surface area contributed by atoms with E-state index in [0.717, 1.165) is 0 Å². The van der Waals surface area contributed by atoms with Gasteiger partial charge in [-0.1, -0.05) is 20.8 Å². The average molecular weight is 315 g/mol. The minimum atomic E-state index is -3.91. The van der Waals surface area contributed by atoms with Crippen molar-refractivity contribution < 1.29 is 23.1 Å². The smallest absolute Gasteiger partial charge is 0.322 e. The zero-order valence-electron chi connectivity index (χ0n) is 12.6. The van der Waals surface area contributed by atoms with E-state index in [1.807, 2.05) is 6.92 Å². The van der Waals surface area contributed by atoms with Crippen LogP contribution in [0.15, 0.2) is 29.2 Å². The largest absolute Gasteiger partial charge is 0.494 e. The molecule has 0 aliphatic carbocycles. The second-order valence-electron chi connectivity index (χ2n) is 5.66. The van der Waals surface area contributed by atoms with Gasteiger partial charge in [0.2, 0.25) is 10.0 Å². The third-order valence-electron chi connectivity index (χ3n) is 2.83. The number of benzene rings is 1. The highest BCUT2D eigenvalue weighted by molar-refractivity contribution is 7.89. The van der Waals surface area contributed by atoms with Crippen molar-refractivity contribution in [3.8, 4) is 5.75 Å². The van der Waals surface area contributed by atoms with Gasteiger partial charge >= 0.3 is 5.97 Å². The first-order valence-corrected chi connectivity index (χ1v) is 8.04. The predicted octanol–water partition coefficient (Wildman–Crippen LogP) is 1.86. The lowest BCUT2D eigenvalue weighted by Crippen LogP contribution is -2.48. The van der Waals surface area contributed by atoms with Gasteiger partial charge < -0.3 is 9.84 Å². The predicted molar refractivity (Wildman–Crippen MR) is 78.8 cm³/mol. The fraction of sp³-hybridized carbons (Fsp3) is 0.500. The highest BCUT2D eigenvalue weighted by atomic mass is 32.2. The van der Waals surface area contributed by atoms with Crippen LogP contribution in [0, 0.1) is 5.41 Å². The Morgan fingerprint density at radius 3 is 2.19 bits per heavy atom. The summed E-state index contributed by atoms with van der Waals surface area (Å²) >= 11 is 0. The van der Waals surface area contributed by atoms with Gasteiger partial charge in [0.1, 0.15) is 11.8 Å². The van der Waals surface area contributed by atoms with E-state index in [1.54, 1.807) is 20.8 Å². The number of nitrogens with one attached hydrogen (secondary N) is 1. The van der Waals surface area contributed by atoms with Crippen molar-refractivity contribution in [3.05, 3.63) is 24.3 Å². The van der Waals surface area contributed by atoms with Gasteiger partial charge in [0.05, 0.1) is 11.5 Å². The fourth-order valence-electron chi connectivity index (χ4n) is 1.70. The quantitative estimate of drug-likeness (QED) is 0.836. The van der Waals surface area contributed by atoms with Crippen LogP contribution in [-0.4, -0.2) is 32.1 Å². The lowest BCUT2D eigenvalue weighted by Gasteiger charge is -2.27. The second-order valence-corrected chi connectivity index (χ2v) is 7.38. The van der Waals surface area contributed by atoms with Crippen molar-refractivity contribution in [1.29, 1.82) is 0 Å². The molecule has 2 N–H and O–H groups in total. The number of carboxylic acids is 1. The molecule has 0 fully saturated rings. The first-order chi connectivity index (χ1) is 9.58. The summed E-state index contributed by atoms with van der Waals surface area (Å²) in [5.74, 6) is -0.654. The van der Waals surface area contributed by atoms with E-state index in [1.165, 1.54) is 24.3 Å². The molecule has 6 nitrogen and oxygen atoms in total. The van der Waals surface area contributed by atoms with Crippen LogP contribution >= 0.6 is 0 Å². The van der Waals surface area contributed by atoms with Crippen LogP contribution in [0.2, 0.25) is 0 Å². The Bertz CT molecular complexity index is 587. The van der Waals surface area contributed by atoms with Gasteiger partial charge in [0, 0.05) is 0 Å². The van der Waals surface area contributed by atoms with Crippen molar-refractivity contribution in [3.63, 3.8) is 0 Å². The van der Waals surface area contributed by atoms with Gasteiger partial charge in [-0.05, 0) is 36.6 Å². The Kier molecular flexibility index (Phi) is 5.36. The Labute approximate surface area is 125 Å². The van der Waals surface area contributed by atoms with Gasteiger partial charge in [-0.3, -0.25) is 4.79 Å². The Morgan fingerprint density at radius 1 is 1.29 bits per heavy atom. The number of hydrogen-bond donors (Lipinski definition) is 2. The zero-order chi connectivity index (χ0) is 16.3. The molecule has 0 aliphatic rings. The lowest BCUT2D eigenvalue weighted by atomic mass is 9.88. The second kappa shape index (κ2) is 6.44. The van der Waals surface area contributed by atoms with Crippen LogP contribution in [0.1, 0.15) is 27.7 Å². The van der Waals surface area contributed by atoms with Crippen LogP contribution in [0.3, 0.4) is 0 Å². The molecule has 1 aromatic carbocycles. The Balaban J connectivity index is 3.02. The van der Waals surface area contributed by atoms with Gasteiger partial charge in [-0.2, -0.15) is 4.72 Å². The number of carboxylic acid groups (broad SMARTS) is 1. The van der Waals surface area contributed by atoms with Crippen LogP contribution < -0.4 is 9.46 Å². The van der Waals surface area contributed by atoms with Crippen LogP contribution in [-0.2, 0) is 14.8 Å². The average Bonchev–Trinajstić information content (AvgIpc) is 2.35. The molecule has 118 valence electrons. The lowest BCUT2D eigenvalue weighted by molar-refractivity contribution is -0.141. The molecule has 0 saturated heterocycles. The molecule has 1 rings (SSSR count). The number of carbonyl (C=O) groups is 1. The van der Waals surface area contributed by atoms with Crippen molar-refractivity contribution >= 4 is 16.0 Å². The maximum Gasteiger partial charge on any atom is 0.322 e. The first-order valence-electron chi connectivity index (χ1n) is 6.56. The van der Waals surface area contributed by atoms with Crippen molar-refractivity contribution in [2.24, 2.45) is 5.41 Å². The fourth-order valence-corrected chi connectivity index (χ4v) is 3.10. The van der Waals surface area contributed by atoms with Gasteiger partial charge in [-0.15, -0.1) is 0 Å². The third kappa shape index (κ3) is 4.71. The topological polar surface area (TPSA) is 92.7 Å². The Hall–Kier alpha value is -1.60.